The maximum absolute atomic E-state index is 14.2. The van der Waals surface area contributed by atoms with Gasteiger partial charge in [-0.2, -0.15) is 4.31 Å². The van der Waals surface area contributed by atoms with Crippen molar-refractivity contribution in [3.63, 3.8) is 0 Å². The molecule has 256 valence electrons. The molecule has 0 radical (unpaired) electrons. The number of carbonyl (C=O) groups excluding carboxylic acids is 1. The van der Waals surface area contributed by atoms with Crippen LogP contribution < -0.4 is 5.32 Å². The van der Waals surface area contributed by atoms with Crippen LogP contribution in [0.3, 0.4) is 0 Å². The van der Waals surface area contributed by atoms with Gasteiger partial charge < -0.3 is 33.9 Å². The van der Waals surface area contributed by atoms with Crippen LogP contribution in [-0.2, 0) is 41.9 Å². The number of benzene rings is 2. The summed E-state index contributed by atoms with van der Waals surface area (Å²) < 4.78 is 57.5. The Balaban J connectivity index is 1.21. The molecule has 2 N–H and O–H groups in total. The molecule has 0 aliphatic carbocycles. The number of alkyl carbamates (subject to hydrolysis) is 1. The highest BCUT2D eigenvalue weighted by Crippen LogP contribution is 2.33. The summed E-state index contributed by atoms with van der Waals surface area (Å²) in [6.45, 7) is 7.81. The quantitative estimate of drug-likeness (QED) is 0.276. The standard InChI is InChI=1S/C33H44N4O9S/c1-22(2)18-37(47(40,41)24-8-9-30-26(17-24)28(35-46-30)19-36-11-14-42-15-12-36)20-29(38)27(16-23-6-4-3-5-7-23)34-33(39)45-31-21-44-32-25(31)10-13-43-32/h3-9,17,22,25,27,29,31-32,38H,10-16,18-21H2,1-2H3,(H,34,39)/t25-,27-,29+,31-,32+/m0/s1. The van der Waals surface area contributed by atoms with E-state index in [1.807, 2.05) is 44.2 Å². The third-order valence-electron chi connectivity index (χ3n) is 8.90. The van der Waals surface area contributed by atoms with E-state index in [1.165, 1.54) is 10.4 Å². The number of carbonyl (C=O) groups is 1. The van der Waals surface area contributed by atoms with E-state index >= 15 is 0 Å². The molecule has 3 aliphatic rings. The van der Waals surface area contributed by atoms with Crippen molar-refractivity contribution >= 4 is 27.1 Å². The van der Waals surface area contributed by atoms with E-state index in [-0.39, 0.29) is 49.1 Å². The van der Waals surface area contributed by atoms with Crippen molar-refractivity contribution in [2.45, 2.75) is 62.7 Å². The molecule has 6 rings (SSSR count). The lowest BCUT2D eigenvalue weighted by molar-refractivity contribution is -0.0907. The van der Waals surface area contributed by atoms with Crippen molar-refractivity contribution in [3.05, 3.63) is 59.8 Å². The third kappa shape index (κ3) is 8.13. The van der Waals surface area contributed by atoms with Gasteiger partial charge in [0.1, 0.15) is 11.8 Å². The van der Waals surface area contributed by atoms with E-state index in [0.29, 0.717) is 43.0 Å². The number of hydrogen-bond acceptors (Lipinski definition) is 11. The molecule has 3 aromatic rings. The Bertz CT molecular complexity index is 1600. The lowest BCUT2D eigenvalue weighted by Crippen LogP contribution is -2.51. The molecule has 2 aromatic carbocycles. The van der Waals surface area contributed by atoms with Crippen LogP contribution in [-0.4, -0.2) is 111 Å². The molecule has 0 unspecified atom stereocenters. The molecule has 5 atom stereocenters. The number of sulfonamides is 1. The zero-order valence-corrected chi connectivity index (χ0v) is 27.6. The zero-order chi connectivity index (χ0) is 33.0. The minimum atomic E-state index is -4.08. The summed E-state index contributed by atoms with van der Waals surface area (Å²) in [5, 5.41) is 19.3. The van der Waals surface area contributed by atoms with Crippen molar-refractivity contribution in [1.29, 1.82) is 0 Å². The van der Waals surface area contributed by atoms with Crippen LogP contribution >= 0.6 is 0 Å². The number of rotatable bonds is 13. The lowest BCUT2D eigenvalue weighted by Gasteiger charge is -2.31. The highest BCUT2D eigenvalue weighted by molar-refractivity contribution is 7.89. The Morgan fingerprint density at radius 3 is 2.66 bits per heavy atom. The summed E-state index contributed by atoms with van der Waals surface area (Å²) in [6, 6.07) is 13.3. The monoisotopic (exact) mass is 672 g/mol. The summed E-state index contributed by atoms with van der Waals surface area (Å²) >= 11 is 0. The average Bonchev–Trinajstić information content (AvgIpc) is 3.79. The number of aromatic nitrogens is 1. The average molecular weight is 673 g/mol. The first-order valence-electron chi connectivity index (χ1n) is 16.3. The predicted octanol–water partition coefficient (Wildman–Crippen LogP) is 2.77. The van der Waals surface area contributed by atoms with Crippen molar-refractivity contribution < 1.29 is 41.8 Å². The predicted molar refractivity (Wildman–Crippen MR) is 171 cm³/mol. The molecule has 1 aromatic heterocycles. The third-order valence-corrected chi connectivity index (χ3v) is 10.7. The first-order valence-corrected chi connectivity index (χ1v) is 17.7. The summed E-state index contributed by atoms with van der Waals surface area (Å²) in [6.07, 6.45) is -1.79. The molecular weight excluding hydrogens is 628 g/mol. The van der Waals surface area contributed by atoms with Gasteiger partial charge in [-0.3, -0.25) is 4.90 Å². The highest BCUT2D eigenvalue weighted by atomic mass is 32.2. The molecule has 3 aliphatic heterocycles. The van der Waals surface area contributed by atoms with Crippen LogP contribution in [0, 0.1) is 11.8 Å². The van der Waals surface area contributed by atoms with E-state index < -0.39 is 34.4 Å². The number of nitrogens with one attached hydrogen (secondary N) is 1. The summed E-state index contributed by atoms with van der Waals surface area (Å²) in [5.41, 5.74) is 2.02. The van der Waals surface area contributed by atoms with Crippen molar-refractivity contribution in [2.24, 2.45) is 11.8 Å². The molecule has 3 saturated heterocycles. The van der Waals surface area contributed by atoms with Gasteiger partial charge in [0, 0.05) is 38.1 Å². The van der Waals surface area contributed by atoms with Crippen molar-refractivity contribution in [2.75, 3.05) is 52.6 Å². The molecular formula is C33H44N4O9S. The molecule has 47 heavy (non-hydrogen) atoms. The fourth-order valence-electron chi connectivity index (χ4n) is 6.40. The maximum atomic E-state index is 14.2. The van der Waals surface area contributed by atoms with E-state index in [9.17, 15) is 18.3 Å². The molecule has 1 amide bonds. The Morgan fingerprint density at radius 1 is 1.11 bits per heavy atom. The van der Waals surface area contributed by atoms with Crippen LogP contribution in [0.5, 0.6) is 0 Å². The number of nitrogens with zero attached hydrogens (tertiary/aromatic N) is 3. The Kier molecular flexibility index (Phi) is 10.8. The van der Waals surface area contributed by atoms with Gasteiger partial charge in [-0.15, -0.1) is 0 Å². The fourth-order valence-corrected chi connectivity index (χ4v) is 8.05. The fraction of sp³-hybridized carbons (Fsp3) is 0.576. The first-order chi connectivity index (χ1) is 22.7. The number of aliphatic hydroxyl groups excluding tert-OH is 1. The molecule has 0 bridgehead atoms. The topological polar surface area (TPSA) is 153 Å². The summed E-state index contributed by atoms with van der Waals surface area (Å²) in [7, 11) is -4.08. The number of fused-ring (bicyclic) bond motifs is 2. The summed E-state index contributed by atoms with van der Waals surface area (Å²) in [4.78, 5) is 15.4. The molecule has 14 heteroatoms. The van der Waals surface area contributed by atoms with Gasteiger partial charge in [-0.25, -0.2) is 13.2 Å². The van der Waals surface area contributed by atoms with E-state index in [2.05, 4.69) is 15.4 Å². The molecule has 3 fully saturated rings. The molecule has 0 saturated carbocycles. The second kappa shape index (κ2) is 15.0. The number of ether oxygens (including phenoxy) is 4. The van der Waals surface area contributed by atoms with E-state index in [4.69, 9.17) is 23.5 Å². The normalized spacial score (nSPS) is 23.3. The van der Waals surface area contributed by atoms with Gasteiger partial charge in [0.15, 0.2) is 11.9 Å². The van der Waals surface area contributed by atoms with E-state index in [1.54, 1.807) is 12.1 Å². The van der Waals surface area contributed by atoms with Crippen LogP contribution in [0.1, 0.15) is 31.5 Å². The Hall–Kier alpha value is -3.11. The van der Waals surface area contributed by atoms with Gasteiger partial charge >= 0.3 is 6.09 Å². The van der Waals surface area contributed by atoms with Gasteiger partial charge in [-0.1, -0.05) is 49.3 Å². The smallest absolute Gasteiger partial charge is 0.407 e. The van der Waals surface area contributed by atoms with Crippen LogP contribution in [0.2, 0.25) is 0 Å². The van der Waals surface area contributed by atoms with Gasteiger partial charge in [-0.05, 0) is 42.5 Å². The van der Waals surface area contributed by atoms with Crippen molar-refractivity contribution in [1.82, 2.24) is 19.7 Å². The number of morpholine rings is 1. The zero-order valence-electron chi connectivity index (χ0n) is 26.8. The minimum Gasteiger partial charge on any atom is -0.443 e. The lowest BCUT2D eigenvalue weighted by atomic mass is 10.0. The first kappa shape index (κ1) is 33.8. The largest absolute Gasteiger partial charge is 0.443 e. The SMILES string of the molecule is CC(C)CN(C[C@@H](O)[C@H](Cc1ccccc1)NC(=O)O[C@H]1CO[C@H]2OCC[C@H]21)S(=O)(=O)c1ccc2onc(CN3CCOCC3)c2c1. The highest BCUT2D eigenvalue weighted by Gasteiger charge is 2.44. The van der Waals surface area contributed by atoms with Crippen LogP contribution in [0.4, 0.5) is 4.79 Å². The molecule has 13 nitrogen and oxygen atoms in total. The molecule has 0 spiro atoms. The number of aliphatic hydroxyl groups is 1. The van der Waals surface area contributed by atoms with Crippen molar-refractivity contribution in [3.8, 4) is 0 Å². The Labute approximate surface area is 275 Å². The van der Waals surface area contributed by atoms with Crippen LogP contribution in [0.15, 0.2) is 57.9 Å². The number of amides is 1. The van der Waals surface area contributed by atoms with Gasteiger partial charge in [0.25, 0.3) is 0 Å². The molecule has 4 heterocycles. The Morgan fingerprint density at radius 2 is 1.89 bits per heavy atom. The van der Waals surface area contributed by atoms with Gasteiger partial charge in [0.05, 0.1) is 49.4 Å². The van der Waals surface area contributed by atoms with Crippen LogP contribution in [0.25, 0.3) is 11.0 Å². The number of hydrogen-bond donors (Lipinski definition) is 2. The van der Waals surface area contributed by atoms with E-state index in [0.717, 1.165) is 25.1 Å². The minimum absolute atomic E-state index is 0.0392. The summed E-state index contributed by atoms with van der Waals surface area (Å²) in [5.74, 6) is -0.0790. The second-order valence-electron chi connectivity index (χ2n) is 12.9. The second-order valence-corrected chi connectivity index (χ2v) is 14.8. The van der Waals surface area contributed by atoms with Gasteiger partial charge in [0.2, 0.25) is 10.0 Å². The maximum Gasteiger partial charge on any atom is 0.407 e.